The third-order valence-electron chi connectivity index (χ3n) is 4.66. The summed E-state index contributed by atoms with van der Waals surface area (Å²) < 4.78 is 61.5. The van der Waals surface area contributed by atoms with Crippen molar-refractivity contribution in [3.63, 3.8) is 0 Å². The first-order valence-corrected chi connectivity index (χ1v) is 10.1. The Bertz CT molecular complexity index is 1170. The van der Waals surface area contributed by atoms with Crippen LogP contribution < -0.4 is 19.5 Å². The van der Waals surface area contributed by atoms with E-state index in [9.17, 15) is 22.8 Å². The number of benzene rings is 2. The van der Waals surface area contributed by atoms with E-state index < -0.39 is 30.6 Å². The third-order valence-corrected chi connectivity index (χ3v) is 4.66. The molecule has 0 bridgehead atoms. The number of anilines is 1. The predicted octanol–water partition coefficient (Wildman–Crippen LogP) is 4.57. The zero-order valence-electron chi connectivity index (χ0n) is 18.9. The maximum absolute atomic E-state index is 12.4. The average Bonchev–Trinajstić information content (AvgIpc) is 3.13. The molecule has 1 aromatic heterocycles. The van der Waals surface area contributed by atoms with Crippen molar-refractivity contribution in [1.82, 2.24) is 5.16 Å². The lowest BCUT2D eigenvalue weighted by atomic mass is 10.2. The van der Waals surface area contributed by atoms with Gasteiger partial charge in [0.25, 0.3) is 5.91 Å². The van der Waals surface area contributed by atoms with Crippen LogP contribution in [0.15, 0.2) is 47.0 Å². The number of aryl methyl sites for hydroxylation is 2. The van der Waals surface area contributed by atoms with Gasteiger partial charge in [-0.3, -0.25) is 4.79 Å². The highest BCUT2D eigenvalue weighted by Crippen LogP contribution is 2.30. The minimum absolute atomic E-state index is 0.119. The Kier molecular flexibility index (Phi) is 7.84. The van der Waals surface area contributed by atoms with Crippen LogP contribution in [0.4, 0.5) is 18.9 Å². The highest BCUT2D eigenvalue weighted by Gasteiger charge is 2.31. The van der Waals surface area contributed by atoms with Crippen LogP contribution in [0.3, 0.4) is 0 Å². The fourth-order valence-corrected chi connectivity index (χ4v) is 2.92. The molecule has 0 saturated carbocycles. The molecule has 1 heterocycles. The second-order valence-electron chi connectivity index (χ2n) is 7.15. The summed E-state index contributed by atoms with van der Waals surface area (Å²) in [6.07, 6.45) is -4.82. The van der Waals surface area contributed by atoms with Crippen molar-refractivity contribution < 1.29 is 46.2 Å². The molecule has 0 aliphatic rings. The van der Waals surface area contributed by atoms with Crippen LogP contribution in [0, 0.1) is 13.8 Å². The van der Waals surface area contributed by atoms with Crippen molar-refractivity contribution in [2.24, 2.45) is 0 Å². The van der Waals surface area contributed by atoms with Crippen molar-refractivity contribution in [2.45, 2.75) is 26.8 Å². The SMILES string of the molecule is COc1cc(C(=O)OCC(=O)Nc2ccc(OC(F)(F)F)cc2)ccc1OCc1c(C)noc1C. The smallest absolute Gasteiger partial charge is 0.493 e. The Balaban J connectivity index is 1.54. The molecular formula is C23H21F3N2O7. The molecule has 0 atom stereocenters. The largest absolute Gasteiger partial charge is 0.573 e. The number of carbonyl (C=O) groups excluding carboxylic acids is 2. The summed E-state index contributed by atoms with van der Waals surface area (Å²) in [5, 5.41) is 6.26. The van der Waals surface area contributed by atoms with Gasteiger partial charge >= 0.3 is 12.3 Å². The van der Waals surface area contributed by atoms with Crippen LogP contribution >= 0.6 is 0 Å². The summed E-state index contributed by atoms with van der Waals surface area (Å²) in [7, 11) is 1.41. The zero-order valence-corrected chi connectivity index (χ0v) is 18.9. The van der Waals surface area contributed by atoms with E-state index in [1.165, 1.54) is 37.4 Å². The minimum Gasteiger partial charge on any atom is -0.493 e. The molecule has 0 saturated heterocycles. The average molecular weight is 494 g/mol. The van der Waals surface area contributed by atoms with Crippen molar-refractivity contribution >= 4 is 17.6 Å². The molecule has 0 unspecified atom stereocenters. The van der Waals surface area contributed by atoms with Crippen LogP contribution in [0.1, 0.15) is 27.4 Å². The molecule has 3 aromatic rings. The van der Waals surface area contributed by atoms with Crippen molar-refractivity contribution in [1.29, 1.82) is 0 Å². The van der Waals surface area contributed by atoms with Gasteiger partial charge in [-0.15, -0.1) is 13.2 Å². The van der Waals surface area contributed by atoms with Gasteiger partial charge in [-0.2, -0.15) is 0 Å². The van der Waals surface area contributed by atoms with Crippen molar-refractivity contribution in [3.05, 3.63) is 65.0 Å². The van der Waals surface area contributed by atoms with E-state index in [-0.39, 0.29) is 23.6 Å². The fourth-order valence-electron chi connectivity index (χ4n) is 2.92. The first-order chi connectivity index (χ1) is 16.6. The Hall–Kier alpha value is -4.22. The van der Waals surface area contributed by atoms with Crippen molar-refractivity contribution in [3.8, 4) is 17.2 Å². The zero-order chi connectivity index (χ0) is 25.6. The van der Waals surface area contributed by atoms with Crippen LogP contribution in [0.5, 0.6) is 17.2 Å². The second-order valence-corrected chi connectivity index (χ2v) is 7.15. The molecule has 0 fully saturated rings. The molecule has 186 valence electrons. The molecular weight excluding hydrogens is 473 g/mol. The van der Waals surface area contributed by atoms with Gasteiger partial charge in [0.15, 0.2) is 18.1 Å². The number of amides is 1. The summed E-state index contributed by atoms with van der Waals surface area (Å²) in [6, 6.07) is 8.89. The Morgan fingerprint density at radius 2 is 1.77 bits per heavy atom. The molecule has 1 N–H and O–H groups in total. The number of nitrogens with zero attached hydrogens (tertiary/aromatic N) is 1. The molecule has 12 heteroatoms. The van der Waals surface area contributed by atoms with Gasteiger partial charge in [-0.05, 0) is 56.3 Å². The molecule has 1 amide bonds. The van der Waals surface area contributed by atoms with Crippen LogP contribution in [0.25, 0.3) is 0 Å². The third kappa shape index (κ3) is 7.13. The predicted molar refractivity (Wildman–Crippen MR) is 115 cm³/mol. The molecule has 3 rings (SSSR count). The minimum atomic E-state index is -4.82. The molecule has 35 heavy (non-hydrogen) atoms. The topological polar surface area (TPSA) is 109 Å². The van der Waals surface area contributed by atoms with E-state index in [2.05, 4.69) is 15.2 Å². The number of hydrogen-bond acceptors (Lipinski definition) is 8. The van der Waals surface area contributed by atoms with Gasteiger partial charge in [-0.25, -0.2) is 4.79 Å². The number of halogens is 3. The maximum atomic E-state index is 12.4. The Labute approximate surface area is 197 Å². The number of nitrogens with one attached hydrogen (secondary N) is 1. The van der Waals surface area contributed by atoms with Gasteiger partial charge in [0, 0.05) is 5.69 Å². The molecule has 0 aliphatic carbocycles. The summed E-state index contributed by atoms with van der Waals surface area (Å²) in [4.78, 5) is 24.4. The van der Waals surface area contributed by atoms with E-state index in [0.717, 1.165) is 17.7 Å². The first-order valence-electron chi connectivity index (χ1n) is 10.1. The van der Waals surface area contributed by atoms with E-state index in [0.29, 0.717) is 17.2 Å². The lowest BCUT2D eigenvalue weighted by Crippen LogP contribution is -2.21. The Morgan fingerprint density at radius 3 is 2.37 bits per heavy atom. The van der Waals surface area contributed by atoms with E-state index in [1.807, 2.05) is 0 Å². The second kappa shape index (κ2) is 10.8. The lowest BCUT2D eigenvalue weighted by Gasteiger charge is -2.12. The van der Waals surface area contributed by atoms with Gasteiger partial charge in [-0.1, -0.05) is 5.16 Å². The number of hydrogen-bond donors (Lipinski definition) is 1. The lowest BCUT2D eigenvalue weighted by molar-refractivity contribution is -0.274. The molecule has 0 aliphatic heterocycles. The highest BCUT2D eigenvalue weighted by molar-refractivity contribution is 5.95. The van der Waals surface area contributed by atoms with Gasteiger partial charge < -0.3 is 28.8 Å². The van der Waals surface area contributed by atoms with Crippen LogP contribution in [-0.2, 0) is 16.1 Å². The quantitative estimate of drug-likeness (QED) is 0.431. The molecule has 9 nitrogen and oxygen atoms in total. The molecule has 2 aromatic carbocycles. The summed E-state index contributed by atoms with van der Waals surface area (Å²) in [5.41, 5.74) is 1.81. The number of ether oxygens (including phenoxy) is 4. The van der Waals surface area contributed by atoms with Gasteiger partial charge in [0.2, 0.25) is 0 Å². The summed E-state index contributed by atoms with van der Waals surface area (Å²) in [5.74, 6) is -0.629. The van der Waals surface area contributed by atoms with E-state index in [4.69, 9.17) is 18.7 Å². The maximum Gasteiger partial charge on any atom is 0.573 e. The first kappa shape index (κ1) is 25.4. The standard InChI is InChI=1S/C23H21F3N2O7/c1-13-18(14(2)35-28-13)11-32-19-9-4-15(10-20(19)31-3)22(30)33-12-21(29)27-16-5-7-17(8-6-16)34-23(24,25)26/h4-10H,11-12H2,1-3H3,(H,27,29). The Morgan fingerprint density at radius 1 is 1.06 bits per heavy atom. The number of alkyl halides is 3. The number of methoxy groups -OCH3 is 1. The number of esters is 1. The van der Waals surface area contributed by atoms with Crippen LogP contribution in [-0.4, -0.2) is 37.1 Å². The molecule has 0 spiro atoms. The number of aromatic nitrogens is 1. The summed E-state index contributed by atoms with van der Waals surface area (Å²) in [6.45, 7) is 3.12. The summed E-state index contributed by atoms with van der Waals surface area (Å²) >= 11 is 0. The van der Waals surface area contributed by atoms with Crippen LogP contribution in [0.2, 0.25) is 0 Å². The monoisotopic (exact) mass is 494 g/mol. The fraction of sp³-hybridized carbons (Fsp3) is 0.261. The van der Waals surface area contributed by atoms with Crippen molar-refractivity contribution in [2.75, 3.05) is 19.0 Å². The number of carbonyl (C=O) groups is 2. The van der Waals surface area contributed by atoms with E-state index in [1.54, 1.807) is 13.8 Å². The van der Waals surface area contributed by atoms with Gasteiger partial charge in [0.05, 0.1) is 23.9 Å². The normalized spacial score (nSPS) is 11.0. The molecule has 0 radical (unpaired) electrons. The highest BCUT2D eigenvalue weighted by atomic mass is 19.4. The van der Waals surface area contributed by atoms with E-state index >= 15 is 0 Å². The van der Waals surface area contributed by atoms with Gasteiger partial charge in [0.1, 0.15) is 18.1 Å². The number of rotatable bonds is 9.